The van der Waals surface area contributed by atoms with Crippen LogP contribution in [-0.2, 0) is 6.54 Å². The van der Waals surface area contributed by atoms with Crippen LogP contribution in [0.2, 0.25) is 0 Å². The summed E-state index contributed by atoms with van der Waals surface area (Å²) < 4.78 is 48.2. The van der Waals surface area contributed by atoms with E-state index in [0.717, 1.165) is 22.4 Å². The van der Waals surface area contributed by atoms with E-state index in [0.29, 0.717) is 16.9 Å². The third kappa shape index (κ3) is 4.31. The van der Waals surface area contributed by atoms with Crippen LogP contribution in [0.15, 0.2) is 76.0 Å². The molecule has 12 heteroatoms. The maximum atomic E-state index is 12.7. The number of benzene rings is 2. The fraction of sp³-hybridized carbons (Fsp3) is 0.0952. The summed E-state index contributed by atoms with van der Waals surface area (Å²) in [7, 11) is 0. The second-order valence-electron chi connectivity index (χ2n) is 6.88. The van der Waals surface area contributed by atoms with Crippen LogP contribution in [0.5, 0.6) is 5.75 Å². The van der Waals surface area contributed by atoms with Crippen LogP contribution < -0.4 is 10.4 Å². The molecule has 2 aromatic carbocycles. The average Bonchev–Trinajstić information content (AvgIpc) is 3.39. The second kappa shape index (κ2) is 7.89. The molecule has 9 nitrogen and oxygen atoms in total. The van der Waals surface area contributed by atoms with Gasteiger partial charge in [-0.3, -0.25) is 0 Å². The predicted molar refractivity (Wildman–Crippen MR) is 108 cm³/mol. The van der Waals surface area contributed by atoms with E-state index in [1.165, 1.54) is 16.6 Å². The Morgan fingerprint density at radius 1 is 0.909 bits per heavy atom. The van der Waals surface area contributed by atoms with E-state index in [2.05, 4.69) is 25.1 Å². The van der Waals surface area contributed by atoms with Crippen molar-refractivity contribution in [1.82, 2.24) is 29.5 Å². The Morgan fingerprint density at radius 3 is 2.39 bits per heavy atom. The molecule has 0 aliphatic rings. The molecule has 0 saturated heterocycles. The Kier molecular flexibility index (Phi) is 4.89. The molecule has 0 radical (unpaired) electrons. The lowest BCUT2D eigenvalue weighted by atomic mass is 10.1. The zero-order valence-electron chi connectivity index (χ0n) is 16.6. The highest BCUT2D eigenvalue weighted by Gasteiger charge is 2.31. The summed E-state index contributed by atoms with van der Waals surface area (Å²) in [6, 6.07) is 17.8. The zero-order chi connectivity index (χ0) is 23.0. The van der Waals surface area contributed by atoms with Crippen molar-refractivity contribution in [2.75, 3.05) is 0 Å². The molecular formula is C21H13F3N6O3. The molecular weight excluding hydrogens is 441 g/mol. The Hall–Kier alpha value is -4.48. The zero-order valence-corrected chi connectivity index (χ0v) is 16.6. The normalized spacial score (nSPS) is 11.7. The number of halogens is 3. The molecule has 33 heavy (non-hydrogen) atoms. The molecule has 5 rings (SSSR count). The lowest BCUT2D eigenvalue weighted by molar-refractivity contribution is -0.274. The van der Waals surface area contributed by atoms with E-state index in [4.69, 9.17) is 4.52 Å². The number of rotatable bonds is 5. The highest BCUT2D eigenvalue weighted by atomic mass is 19.4. The van der Waals surface area contributed by atoms with Crippen LogP contribution in [0.25, 0.3) is 28.3 Å². The minimum atomic E-state index is -4.78. The number of alkyl halides is 3. The van der Waals surface area contributed by atoms with Gasteiger partial charge in [-0.25, -0.2) is 9.48 Å². The first-order valence-corrected chi connectivity index (χ1v) is 9.57. The number of hydrogen-bond donors (Lipinski definition) is 0. The smallest absolute Gasteiger partial charge is 0.406 e. The molecule has 0 aliphatic carbocycles. The molecule has 5 aromatic rings. The molecule has 0 fully saturated rings. The largest absolute Gasteiger partial charge is 0.573 e. The van der Waals surface area contributed by atoms with Gasteiger partial charge in [-0.05, 0) is 36.4 Å². The first-order valence-electron chi connectivity index (χ1n) is 9.57. The Bertz CT molecular complexity index is 1470. The second-order valence-corrected chi connectivity index (χ2v) is 6.88. The van der Waals surface area contributed by atoms with E-state index < -0.39 is 12.1 Å². The number of fused-ring (bicyclic) bond motifs is 1. The van der Waals surface area contributed by atoms with E-state index in [9.17, 15) is 18.0 Å². The van der Waals surface area contributed by atoms with Crippen LogP contribution >= 0.6 is 0 Å². The third-order valence-corrected chi connectivity index (χ3v) is 4.61. The fourth-order valence-electron chi connectivity index (χ4n) is 3.14. The maximum absolute atomic E-state index is 12.7. The molecule has 0 amide bonds. The third-order valence-electron chi connectivity index (χ3n) is 4.61. The number of hydrogen-bond acceptors (Lipinski definition) is 7. The highest BCUT2D eigenvalue weighted by molar-refractivity contribution is 5.59. The van der Waals surface area contributed by atoms with Gasteiger partial charge in [-0.2, -0.15) is 14.6 Å². The number of aromatic nitrogens is 6. The molecule has 0 N–H and O–H groups in total. The summed E-state index contributed by atoms with van der Waals surface area (Å²) in [6.07, 6.45) is -4.78. The van der Waals surface area contributed by atoms with Gasteiger partial charge in [-0.1, -0.05) is 35.5 Å². The minimum absolute atomic E-state index is 0.0920. The van der Waals surface area contributed by atoms with Crippen molar-refractivity contribution >= 4 is 5.65 Å². The van der Waals surface area contributed by atoms with Crippen LogP contribution in [0, 0.1) is 0 Å². The Balaban J connectivity index is 1.37. The Morgan fingerprint density at radius 2 is 1.67 bits per heavy atom. The molecule has 0 saturated carbocycles. The van der Waals surface area contributed by atoms with Crippen LogP contribution in [0.3, 0.4) is 0 Å². The van der Waals surface area contributed by atoms with Crippen molar-refractivity contribution in [3.05, 3.63) is 83.1 Å². The topological polar surface area (TPSA) is 100 Å². The quantitative estimate of drug-likeness (QED) is 0.400. The van der Waals surface area contributed by atoms with Gasteiger partial charge in [0.25, 0.3) is 0 Å². The minimum Gasteiger partial charge on any atom is -0.406 e. The molecule has 0 bridgehead atoms. The summed E-state index contributed by atoms with van der Waals surface area (Å²) in [5.41, 5.74) is 1.74. The first kappa shape index (κ1) is 20.4. The summed E-state index contributed by atoms with van der Waals surface area (Å²) in [4.78, 5) is 16.9. The van der Waals surface area contributed by atoms with Crippen LogP contribution in [0.1, 0.15) is 5.89 Å². The van der Waals surface area contributed by atoms with Crippen molar-refractivity contribution < 1.29 is 22.4 Å². The van der Waals surface area contributed by atoms with Gasteiger partial charge in [0.2, 0.25) is 11.7 Å². The molecule has 0 atom stereocenters. The van der Waals surface area contributed by atoms with Gasteiger partial charge in [-0.15, -0.1) is 18.3 Å². The van der Waals surface area contributed by atoms with Gasteiger partial charge in [0.05, 0.1) is 5.69 Å². The van der Waals surface area contributed by atoms with Crippen molar-refractivity contribution in [2.45, 2.75) is 12.9 Å². The van der Waals surface area contributed by atoms with Crippen LogP contribution in [-0.4, -0.2) is 35.9 Å². The molecule has 0 unspecified atom stereocenters. The van der Waals surface area contributed by atoms with Gasteiger partial charge >= 0.3 is 12.1 Å². The lowest BCUT2D eigenvalue weighted by Gasteiger charge is -2.08. The molecule has 3 heterocycles. The van der Waals surface area contributed by atoms with Crippen molar-refractivity contribution in [1.29, 1.82) is 0 Å². The van der Waals surface area contributed by atoms with E-state index in [1.807, 2.05) is 30.3 Å². The first-order chi connectivity index (χ1) is 15.9. The average molecular weight is 454 g/mol. The fourth-order valence-corrected chi connectivity index (χ4v) is 3.14. The molecule has 3 aromatic heterocycles. The van der Waals surface area contributed by atoms with Crippen molar-refractivity contribution in [2.24, 2.45) is 0 Å². The highest BCUT2D eigenvalue weighted by Crippen LogP contribution is 2.25. The van der Waals surface area contributed by atoms with Crippen LogP contribution in [0.4, 0.5) is 13.2 Å². The van der Waals surface area contributed by atoms with Crippen molar-refractivity contribution in [3.63, 3.8) is 0 Å². The summed E-state index contributed by atoms with van der Waals surface area (Å²) >= 11 is 0. The summed E-state index contributed by atoms with van der Waals surface area (Å²) in [6.45, 7) is -0.106. The SMILES string of the molecule is O=c1n(Cc2nc(-c3ccc(OC(F)(F)F)cc3)no2)nc2ccc(-c3ccccc3)nn12. The van der Waals surface area contributed by atoms with Gasteiger partial charge in [0.1, 0.15) is 12.3 Å². The Labute approximate surface area is 182 Å². The summed E-state index contributed by atoms with van der Waals surface area (Å²) in [5.74, 6) is -0.132. The number of ether oxygens (including phenoxy) is 1. The molecule has 166 valence electrons. The molecule has 0 aliphatic heterocycles. The van der Waals surface area contributed by atoms with Gasteiger partial charge < -0.3 is 9.26 Å². The van der Waals surface area contributed by atoms with E-state index in [-0.39, 0.29) is 24.0 Å². The summed E-state index contributed by atoms with van der Waals surface area (Å²) in [5, 5.41) is 12.4. The molecule has 0 spiro atoms. The van der Waals surface area contributed by atoms with Gasteiger partial charge in [0, 0.05) is 11.1 Å². The van der Waals surface area contributed by atoms with Gasteiger partial charge in [0.15, 0.2) is 5.65 Å². The van der Waals surface area contributed by atoms with E-state index in [1.54, 1.807) is 12.1 Å². The van der Waals surface area contributed by atoms with E-state index >= 15 is 0 Å². The maximum Gasteiger partial charge on any atom is 0.573 e. The predicted octanol–water partition coefficient (Wildman–Crippen LogP) is 3.55. The number of nitrogens with zero attached hydrogens (tertiary/aromatic N) is 6. The standard InChI is InChI=1S/C21H13F3N6O3/c22-21(23,24)32-15-8-6-14(7-9-15)19-25-18(33-28-19)12-29-20(31)30-17(27-29)11-10-16(26-30)13-4-2-1-3-5-13/h1-11H,12H2. The monoisotopic (exact) mass is 454 g/mol. The lowest BCUT2D eigenvalue weighted by Crippen LogP contribution is -2.23. The van der Waals surface area contributed by atoms with Crippen molar-refractivity contribution in [3.8, 4) is 28.4 Å².